The monoisotopic (exact) mass is 511 g/mol. The third kappa shape index (κ3) is 4.23. The Bertz CT molecular complexity index is 1610. The zero-order valence-electron chi connectivity index (χ0n) is 18.6. The van der Waals surface area contributed by atoms with E-state index in [9.17, 15) is 18.3 Å². The molecule has 0 radical (unpaired) electrons. The summed E-state index contributed by atoms with van der Waals surface area (Å²) in [7, 11) is -2.70. The van der Waals surface area contributed by atoms with Gasteiger partial charge >= 0.3 is 0 Å². The van der Waals surface area contributed by atoms with Crippen molar-refractivity contribution in [2.75, 3.05) is 19.2 Å². The topological polar surface area (TPSA) is 119 Å². The Hall–Kier alpha value is -3.51. The van der Waals surface area contributed by atoms with Crippen LogP contribution in [-0.4, -0.2) is 37.8 Å². The molecule has 2 aromatic heterocycles. The molecule has 9 nitrogen and oxygen atoms in total. The van der Waals surface area contributed by atoms with Crippen molar-refractivity contribution in [2.45, 2.75) is 18.0 Å². The van der Waals surface area contributed by atoms with Crippen LogP contribution in [0.1, 0.15) is 16.7 Å². The highest BCUT2D eigenvalue weighted by atomic mass is 32.2. The van der Waals surface area contributed by atoms with Crippen LogP contribution in [0.25, 0.3) is 10.9 Å². The van der Waals surface area contributed by atoms with Gasteiger partial charge in [-0.2, -0.15) is 8.42 Å². The second kappa shape index (κ2) is 9.27. The number of benzene rings is 2. The fourth-order valence-corrected chi connectivity index (χ4v) is 6.59. The molecule has 1 aliphatic rings. The van der Waals surface area contributed by atoms with Gasteiger partial charge in [0.05, 0.1) is 18.7 Å². The smallest absolute Gasteiger partial charge is 0.287 e. The maximum atomic E-state index is 13.7. The molecule has 0 fully saturated rings. The third-order valence-corrected chi connectivity index (χ3v) is 8.02. The van der Waals surface area contributed by atoms with Crippen molar-refractivity contribution < 1.29 is 23.0 Å². The standard InChI is InChI=1S/C24H21N3O6S2/c1-32-14-33-12-16-13-34-23-21(16)35(30,31)26-22(25-23)19-20(28)17-9-5-6-10-18(17)27(24(19)29)11-15-7-3-2-4-8-15/h2-10,13,28H,11-12,14H2,1H3,(H,25,26). The molecule has 5 rings (SSSR count). The number of rotatable bonds is 7. The van der Waals surface area contributed by atoms with E-state index in [-0.39, 0.29) is 42.0 Å². The molecule has 0 aliphatic carbocycles. The average Bonchev–Trinajstić information content (AvgIpc) is 3.26. The first kappa shape index (κ1) is 23.2. The van der Waals surface area contributed by atoms with E-state index in [4.69, 9.17) is 9.47 Å². The zero-order chi connectivity index (χ0) is 24.6. The van der Waals surface area contributed by atoms with Gasteiger partial charge in [-0.05, 0) is 23.1 Å². The molecule has 3 heterocycles. The van der Waals surface area contributed by atoms with Crippen molar-refractivity contribution in [3.63, 3.8) is 0 Å². The SMILES string of the molecule is COCOCc1csc2c1S(=O)(=O)N=C(c1c(O)c3ccccc3n(Cc3ccccc3)c1=O)N2. The Kier molecular flexibility index (Phi) is 6.15. The van der Waals surface area contributed by atoms with Crippen LogP contribution in [-0.2, 0) is 32.6 Å². The minimum atomic E-state index is -4.17. The number of methoxy groups -OCH3 is 1. The molecule has 11 heteroatoms. The Morgan fingerprint density at radius 2 is 1.86 bits per heavy atom. The van der Waals surface area contributed by atoms with E-state index < -0.39 is 15.6 Å². The van der Waals surface area contributed by atoms with Crippen molar-refractivity contribution in [1.29, 1.82) is 0 Å². The fourth-order valence-electron chi connectivity index (χ4n) is 4.02. The van der Waals surface area contributed by atoms with E-state index >= 15 is 0 Å². The largest absolute Gasteiger partial charge is 0.506 e. The van der Waals surface area contributed by atoms with Crippen LogP contribution in [0.4, 0.5) is 5.00 Å². The molecule has 4 aromatic rings. The minimum absolute atomic E-state index is 0.00718. The van der Waals surface area contributed by atoms with Gasteiger partial charge in [0, 0.05) is 18.1 Å². The second-order valence-electron chi connectivity index (χ2n) is 7.83. The summed E-state index contributed by atoms with van der Waals surface area (Å²) >= 11 is 1.15. The molecule has 0 saturated heterocycles. The van der Waals surface area contributed by atoms with Crippen LogP contribution in [0.15, 0.2) is 74.1 Å². The van der Waals surface area contributed by atoms with Crippen LogP contribution in [0.2, 0.25) is 0 Å². The zero-order valence-corrected chi connectivity index (χ0v) is 20.2. The number of aromatic hydroxyl groups is 1. The maximum Gasteiger partial charge on any atom is 0.287 e. The normalized spacial score (nSPS) is 14.4. The number of hydrogen-bond donors (Lipinski definition) is 2. The summed E-state index contributed by atoms with van der Waals surface area (Å²) < 4.78 is 41.8. The number of pyridine rings is 1. The van der Waals surface area contributed by atoms with Crippen molar-refractivity contribution >= 4 is 43.1 Å². The van der Waals surface area contributed by atoms with Gasteiger partial charge in [-0.3, -0.25) is 4.79 Å². The van der Waals surface area contributed by atoms with Crippen LogP contribution in [0.3, 0.4) is 0 Å². The summed E-state index contributed by atoms with van der Waals surface area (Å²) in [6.45, 7) is 0.272. The van der Waals surface area contributed by atoms with E-state index in [0.29, 0.717) is 21.5 Å². The van der Waals surface area contributed by atoms with Gasteiger partial charge in [-0.1, -0.05) is 42.5 Å². The van der Waals surface area contributed by atoms with E-state index in [1.165, 1.54) is 11.7 Å². The highest BCUT2D eigenvalue weighted by molar-refractivity contribution is 7.90. The molecule has 2 aromatic carbocycles. The molecule has 0 unspecified atom stereocenters. The van der Waals surface area contributed by atoms with E-state index in [2.05, 4.69) is 9.71 Å². The Morgan fingerprint density at radius 3 is 2.63 bits per heavy atom. The quantitative estimate of drug-likeness (QED) is 0.288. The maximum absolute atomic E-state index is 13.7. The van der Waals surface area contributed by atoms with Gasteiger partial charge in [0.15, 0.2) is 5.84 Å². The lowest BCUT2D eigenvalue weighted by atomic mass is 10.1. The summed E-state index contributed by atoms with van der Waals surface area (Å²) in [6, 6.07) is 16.3. The summed E-state index contributed by atoms with van der Waals surface area (Å²) in [4.78, 5) is 13.7. The second-order valence-corrected chi connectivity index (χ2v) is 10.3. The number of nitrogens with zero attached hydrogens (tertiary/aromatic N) is 2. The highest BCUT2D eigenvalue weighted by Crippen LogP contribution is 2.38. The van der Waals surface area contributed by atoms with Gasteiger partial charge < -0.3 is 24.5 Å². The molecule has 0 saturated carbocycles. The predicted octanol–water partition coefficient (Wildman–Crippen LogP) is 3.50. The molecule has 2 N–H and O–H groups in total. The first-order chi connectivity index (χ1) is 16.9. The van der Waals surface area contributed by atoms with Crippen molar-refractivity contribution in [1.82, 2.24) is 4.57 Å². The van der Waals surface area contributed by atoms with Gasteiger partial charge in [0.25, 0.3) is 15.6 Å². The molecule has 1 aliphatic heterocycles. The van der Waals surface area contributed by atoms with Gasteiger partial charge in [0.2, 0.25) is 0 Å². The Labute approximate surface area is 205 Å². The first-order valence-corrected chi connectivity index (χ1v) is 12.9. The van der Waals surface area contributed by atoms with Crippen LogP contribution >= 0.6 is 11.3 Å². The van der Waals surface area contributed by atoms with E-state index in [0.717, 1.165) is 16.9 Å². The minimum Gasteiger partial charge on any atom is -0.506 e. The van der Waals surface area contributed by atoms with Crippen molar-refractivity contribution in [3.8, 4) is 5.75 Å². The summed E-state index contributed by atoms with van der Waals surface area (Å²) in [5, 5.41) is 16.4. The van der Waals surface area contributed by atoms with Crippen LogP contribution < -0.4 is 10.9 Å². The molecule has 35 heavy (non-hydrogen) atoms. The van der Waals surface area contributed by atoms with Crippen molar-refractivity contribution in [2.24, 2.45) is 4.40 Å². The summed E-state index contributed by atoms with van der Waals surface area (Å²) in [6.07, 6.45) is 0. The summed E-state index contributed by atoms with van der Waals surface area (Å²) in [5.74, 6) is -0.557. The lowest BCUT2D eigenvalue weighted by Crippen LogP contribution is -2.32. The van der Waals surface area contributed by atoms with Crippen LogP contribution in [0.5, 0.6) is 5.75 Å². The number of fused-ring (bicyclic) bond motifs is 2. The lowest BCUT2D eigenvalue weighted by Gasteiger charge is -2.19. The fraction of sp³-hybridized carbons (Fsp3) is 0.167. The number of sulfonamides is 1. The molecular weight excluding hydrogens is 490 g/mol. The Balaban J connectivity index is 1.65. The number of aromatic nitrogens is 1. The molecular formula is C24H21N3O6S2. The molecule has 180 valence electrons. The number of hydrogen-bond acceptors (Lipinski definition) is 8. The number of anilines is 1. The van der Waals surface area contributed by atoms with Crippen molar-refractivity contribution in [3.05, 3.63) is 87.0 Å². The van der Waals surface area contributed by atoms with Crippen LogP contribution in [0, 0.1) is 0 Å². The van der Waals surface area contributed by atoms with E-state index in [1.807, 2.05) is 30.3 Å². The molecule has 0 bridgehead atoms. The summed E-state index contributed by atoms with van der Waals surface area (Å²) in [5.41, 5.74) is 1.07. The molecule has 0 spiro atoms. The first-order valence-electron chi connectivity index (χ1n) is 10.6. The van der Waals surface area contributed by atoms with Gasteiger partial charge in [-0.15, -0.1) is 15.7 Å². The number of thiophene rings is 1. The van der Waals surface area contributed by atoms with Gasteiger partial charge in [-0.25, -0.2) is 0 Å². The number of para-hydroxylation sites is 1. The number of nitrogens with one attached hydrogen (secondary N) is 1. The number of amidine groups is 1. The molecule has 0 atom stereocenters. The molecule has 0 amide bonds. The van der Waals surface area contributed by atoms with Gasteiger partial charge in [0.1, 0.15) is 28.0 Å². The highest BCUT2D eigenvalue weighted by Gasteiger charge is 2.33. The Morgan fingerprint density at radius 1 is 1.11 bits per heavy atom. The predicted molar refractivity (Wildman–Crippen MR) is 134 cm³/mol. The average molecular weight is 512 g/mol. The number of ether oxygens (including phenoxy) is 2. The lowest BCUT2D eigenvalue weighted by molar-refractivity contribution is -0.0395. The third-order valence-electron chi connectivity index (χ3n) is 5.54. The van der Waals surface area contributed by atoms with E-state index in [1.54, 1.807) is 29.6 Å².